The molecule has 0 saturated carbocycles. The first-order chi connectivity index (χ1) is 14.3. The van der Waals surface area contributed by atoms with Crippen LogP contribution in [0, 0.1) is 13.8 Å². The molecule has 0 unspecified atom stereocenters. The number of carboxylic acids is 1. The number of aromatic carboxylic acids is 1. The number of hydrogen-bond donors (Lipinski definition) is 1. The summed E-state index contributed by atoms with van der Waals surface area (Å²) in [5.74, 6) is -1.18. The number of anilines is 1. The standard InChI is InChI=1S/C24H23BrN2O2S/c1-16-4-3-5-17(2)22(16)26-24(30)27(15-19-8-12-21(25)13-9-19)14-18-6-10-20(11-7-18)23(28)29/h3-13H,14-15H2,1-2H3,(H,26,30)(H,28,29)/p-1. The maximum atomic E-state index is 11.0. The van der Waals surface area contributed by atoms with Crippen LogP contribution in [0.1, 0.15) is 32.6 Å². The van der Waals surface area contributed by atoms with Crippen molar-refractivity contribution in [3.63, 3.8) is 0 Å². The highest BCUT2D eigenvalue weighted by atomic mass is 79.9. The molecule has 154 valence electrons. The summed E-state index contributed by atoms with van der Waals surface area (Å²) in [6, 6.07) is 20.9. The number of thiocarbonyl (C=S) groups is 1. The van der Waals surface area contributed by atoms with E-state index in [1.807, 2.05) is 18.2 Å². The lowest BCUT2D eigenvalue weighted by molar-refractivity contribution is -0.255. The maximum Gasteiger partial charge on any atom is 0.174 e. The fourth-order valence-corrected chi connectivity index (χ4v) is 3.67. The van der Waals surface area contributed by atoms with Gasteiger partial charge in [0.25, 0.3) is 0 Å². The quantitative estimate of drug-likeness (QED) is 0.511. The molecular formula is C24H22BrN2O2S-. The number of hydrogen-bond acceptors (Lipinski definition) is 3. The molecule has 30 heavy (non-hydrogen) atoms. The van der Waals surface area contributed by atoms with E-state index in [1.54, 1.807) is 24.3 Å². The Balaban J connectivity index is 1.85. The van der Waals surface area contributed by atoms with Gasteiger partial charge in [-0.2, -0.15) is 0 Å². The number of benzene rings is 3. The Bertz CT molecular complexity index is 1030. The highest BCUT2D eigenvalue weighted by Gasteiger charge is 2.14. The van der Waals surface area contributed by atoms with E-state index < -0.39 is 5.97 Å². The zero-order valence-electron chi connectivity index (χ0n) is 16.8. The average molecular weight is 482 g/mol. The Kier molecular flexibility index (Phi) is 7.24. The molecule has 0 aliphatic carbocycles. The molecular weight excluding hydrogens is 460 g/mol. The zero-order valence-corrected chi connectivity index (χ0v) is 19.2. The van der Waals surface area contributed by atoms with E-state index >= 15 is 0 Å². The fourth-order valence-electron chi connectivity index (χ4n) is 3.17. The van der Waals surface area contributed by atoms with Crippen LogP contribution in [-0.4, -0.2) is 16.0 Å². The molecule has 0 bridgehead atoms. The average Bonchev–Trinajstić information content (AvgIpc) is 2.72. The minimum Gasteiger partial charge on any atom is -0.545 e. The van der Waals surface area contributed by atoms with Gasteiger partial charge in [-0.15, -0.1) is 0 Å². The lowest BCUT2D eigenvalue weighted by Crippen LogP contribution is -2.34. The van der Waals surface area contributed by atoms with Gasteiger partial charge in [0.15, 0.2) is 5.11 Å². The Morgan fingerprint density at radius 3 is 1.93 bits per heavy atom. The van der Waals surface area contributed by atoms with Crippen molar-refractivity contribution in [3.8, 4) is 0 Å². The fraction of sp³-hybridized carbons (Fsp3) is 0.167. The number of nitrogens with zero attached hydrogens (tertiary/aromatic N) is 1. The molecule has 4 nitrogen and oxygen atoms in total. The molecule has 1 N–H and O–H groups in total. The minimum absolute atomic E-state index is 0.162. The number of carbonyl (C=O) groups is 1. The highest BCUT2D eigenvalue weighted by Crippen LogP contribution is 2.21. The molecule has 0 atom stereocenters. The lowest BCUT2D eigenvalue weighted by Gasteiger charge is -2.27. The Morgan fingerprint density at radius 1 is 0.933 bits per heavy atom. The van der Waals surface area contributed by atoms with Crippen molar-refractivity contribution >= 4 is 44.9 Å². The summed E-state index contributed by atoms with van der Waals surface area (Å²) in [5.41, 5.74) is 5.50. The molecule has 0 aliphatic heterocycles. The lowest BCUT2D eigenvalue weighted by atomic mass is 10.1. The molecule has 0 amide bonds. The van der Waals surface area contributed by atoms with Crippen LogP contribution < -0.4 is 10.4 Å². The zero-order chi connectivity index (χ0) is 21.7. The van der Waals surface area contributed by atoms with E-state index in [4.69, 9.17) is 12.2 Å². The largest absolute Gasteiger partial charge is 0.545 e. The number of para-hydroxylation sites is 1. The number of carboxylic acid groups (broad SMARTS) is 1. The van der Waals surface area contributed by atoms with Crippen molar-refractivity contribution in [1.29, 1.82) is 0 Å². The summed E-state index contributed by atoms with van der Waals surface area (Å²) in [6.45, 7) is 5.26. The van der Waals surface area contributed by atoms with E-state index in [-0.39, 0.29) is 5.56 Å². The van der Waals surface area contributed by atoms with Gasteiger partial charge in [0.2, 0.25) is 0 Å². The normalized spacial score (nSPS) is 10.5. The summed E-state index contributed by atoms with van der Waals surface area (Å²) in [7, 11) is 0. The van der Waals surface area contributed by atoms with Crippen LogP contribution in [0.3, 0.4) is 0 Å². The second-order valence-corrected chi connectivity index (χ2v) is 8.47. The molecule has 3 aromatic carbocycles. The van der Waals surface area contributed by atoms with Gasteiger partial charge in [-0.05, 0) is 66.0 Å². The molecule has 0 radical (unpaired) electrons. The molecule has 0 heterocycles. The van der Waals surface area contributed by atoms with Crippen molar-refractivity contribution in [1.82, 2.24) is 4.90 Å². The Hall–Kier alpha value is -2.70. The molecule has 0 saturated heterocycles. The predicted molar refractivity (Wildman–Crippen MR) is 126 cm³/mol. The third-order valence-electron chi connectivity index (χ3n) is 4.85. The van der Waals surface area contributed by atoms with Gasteiger partial charge in [-0.25, -0.2) is 0 Å². The van der Waals surface area contributed by atoms with Crippen LogP contribution >= 0.6 is 28.1 Å². The van der Waals surface area contributed by atoms with Gasteiger partial charge < -0.3 is 20.1 Å². The number of rotatable bonds is 6. The van der Waals surface area contributed by atoms with Crippen molar-refractivity contribution in [2.45, 2.75) is 26.9 Å². The van der Waals surface area contributed by atoms with E-state index in [2.05, 4.69) is 64.3 Å². The minimum atomic E-state index is -1.18. The third-order valence-corrected chi connectivity index (χ3v) is 5.74. The number of carbonyl (C=O) groups excluding carboxylic acids is 1. The number of aryl methyl sites for hydroxylation is 2. The van der Waals surface area contributed by atoms with Crippen LogP contribution in [0.15, 0.2) is 71.2 Å². The van der Waals surface area contributed by atoms with E-state index in [9.17, 15) is 9.90 Å². The van der Waals surface area contributed by atoms with E-state index in [0.717, 1.165) is 32.4 Å². The number of halogens is 1. The Morgan fingerprint density at radius 2 is 1.43 bits per heavy atom. The SMILES string of the molecule is Cc1cccc(C)c1NC(=S)N(Cc1ccc(Br)cc1)Cc1ccc(C(=O)[O-])cc1. The van der Waals surface area contributed by atoms with Gasteiger partial charge in [-0.1, -0.05) is 70.5 Å². The van der Waals surface area contributed by atoms with Gasteiger partial charge >= 0.3 is 0 Å². The van der Waals surface area contributed by atoms with Crippen LogP contribution in [-0.2, 0) is 13.1 Å². The second kappa shape index (κ2) is 9.87. The summed E-state index contributed by atoms with van der Waals surface area (Å²) in [6.07, 6.45) is 0. The summed E-state index contributed by atoms with van der Waals surface area (Å²) in [4.78, 5) is 13.1. The van der Waals surface area contributed by atoms with Gasteiger partial charge in [0.1, 0.15) is 0 Å². The van der Waals surface area contributed by atoms with Gasteiger partial charge in [0, 0.05) is 23.2 Å². The van der Waals surface area contributed by atoms with Crippen molar-refractivity contribution in [2.75, 3.05) is 5.32 Å². The monoisotopic (exact) mass is 481 g/mol. The molecule has 0 fully saturated rings. The molecule has 0 aliphatic rings. The topological polar surface area (TPSA) is 55.4 Å². The first kappa shape index (κ1) is 22.0. The summed E-state index contributed by atoms with van der Waals surface area (Å²) >= 11 is 9.24. The first-order valence-corrected chi connectivity index (χ1v) is 10.7. The van der Waals surface area contributed by atoms with Crippen LogP contribution in [0.4, 0.5) is 5.69 Å². The molecule has 3 aromatic rings. The van der Waals surface area contributed by atoms with Crippen molar-refractivity contribution < 1.29 is 9.90 Å². The Labute approximate surface area is 190 Å². The van der Waals surface area contributed by atoms with Gasteiger partial charge in [0.05, 0.1) is 5.97 Å². The molecule has 6 heteroatoms. The molecule has 0 spiro atoms. The maximum absolute atomic E-state index is 11.0. The molecule has 0 aromatic heterocycles. The van der Waals surface area contributed by atoms with Crippen molar-refractivity contribution in [3.05, 3.63) is 99.0 Å². The van der Waals surface area contributed by atoms with Crippen molar-refractivity contribution in [2.24, 2.45) is 0 Å². The summed E-state index contributed by atoms with van der Waals surface area (Å²) < 4.78 is 1.02. The second-order valence-electron chi connectivity index (χ2n) is 7.16. The predicted octanol–water partition coefficient (Wildman–Crippen LogP) is 4.83. The first-order valence-electron chi connectivity index (χ1n) is 9.50. The summed E-state index contributed by atoms with van der Waals surface area (Å²) in [5, 5.41) is 15.0. The molecule has 3 rings (SSSR count). The van der Waals surface area contributed by atoms with E-state index in [0.29, 0.717) is 18.2 Å². The van der Waals surface area contributed by atoms with Crippen LogP contribution in [0.25, 0.3) is 0 Å². The number of nitrogens with one attached hydrogen (secondary N) is 1. The smallest absolute Gasteiger partial charge is 0.174 e. The third kappa shape index (κ3) is 5.68. The van der Waals surface area contributed by atoms with Crippen LogP contribution in [0.5, 0.6) is 0 Å². The highest BCUT2D eigenvalue weighted by molar-refractivity contribution is 9.10. The van der Waals surface area contributed by atoms with E-state index in [1.165, 1.54) is 0 Å². The van der Waals surface area contributed by atoms with Gasteiger partial charge in [-0.3, -0.25) is 0 Å². The van der Waals surface area contributed by atoms with Crippen LogP contribution in [0.2, 0.25) is 0 Å².